The predicted octanol–water partition coefficient (Wildman–Crippen LogP) is 0.331. The summed E-state index contributed by atoms with van der Waals surface area (Å²) in [6.07, 6.45) is -0.491. The number of hydrogen-bond acceptors (Lipinski definition) is 8. The van der Waals surface area contributed by atoms with Crippen LogP contribution in [0.25, 0.3) is 0 Å². The highest BCUT2D eigenvalue weighted by Crippen LogP contribution is 2.23. The van der Waals surface area contributed by atoms with Crippen molar-refractivity contribution in [3.05, 3.63) is 29.8 Å². The van der Waals surface area contributed by atoms with E-state index in [-0.39, 0.29) is 17.9 Å². The Kier molecular flexibility index (Phi) is 9.71. The maximum Gasteiger partial charge on any atom is 0.387 e. The molecule has 190 valence electrons. The van der Waals surface area contributed by atoms with Crippen molar-refractivity contribution in [2.45, 2.75) is 57.1 Å². The SMILES string of the molecule is COC(=O)[C@@H](NC(=O)[C@H](C)NC(=O)CN1CCC(C)(O)CC1)[C@H](O)c1ccc(OC(F)F)cc1. The molecule has 1 heterocycles. The zero-order chi connectivity index (χ0) is 25.5. The van der Waals surface area contributed by atoms with Crippen LogP contribution in [-0.4, -0.2) is 83.9 Å². The van der Waals surface area contributed by atoms with Crippen LogP contribution >= 0.6 is 0 Å². The minimum Gasteiger partial charge on any atom is -0.467 e. The van der Waals surface area contributed by atoms with E-state index in [1.807, 2.05) is 4.90 Å². The van der Waals surface area contributed by atoms with E-state index in [1.165, 1.54) is 31.2 Å². The molecule has 0 saturated carbocycles. The number of esters is 1. The van der Waals surface area contributed by atoms with Gasteiger partial charge >= 0.3 is 12.6 Å². The van der Waals surface area contributed by atoms with Crippen LogP contribution in [-0.2, 0) is 19.1 Å². The van der Waals surface area contributed by atoms with Gasteiger partial charge in [0.15, 0.2) is 6.04 Å². The molecule has 0 radical (unpaired) electrons. The number of methoxy groups -OCH3 is 1. The first-order valence-electron chi connectivity index (χ1n) is 10.8. The number of amides is 2. The molecular formula is C22H31F2N3O7. The van der Waals surface area contributed by atoms with Crippen molar-refractivity contribution in [2.24, 2.45) is 0 Å². The molecule has 12 heteroatoms. The highest BCUT2D eigenvalue weighted by molar-refractivity contribution is 5.91. The van der Waals surface area contributed by atoms with Gasteiger partial charge in [-0.1, -0.05) is 12.1 Å². The second kappa shape index (κ2) is 12.0. The quantitative estimate of drug-likeness (QED) is 0.347. The monoisotopic (exact) mass is 487 g/mol. The minimum absolute atomic E-state index is 0.0454. The lowest BCUT2D eigenvalue weighted by molar-refractivity contribution is -0.148. The molecule has 0 aromatic heterocycles. The van der Waals surface area contributed by atoms with Crippen LogP contribution in [0.1, 0.15) is 38.4 Å². The predicted molar refractivity (Wildman–Crippen MR) is 116 cm³/mol. The Hall–Kier alpha value is -2.83. The molecule has 1 saturated heterocycles. The van der Waals surface area contributed by atoms with Gasteiger partial charge in [0.25, 0.3) is 0 Å². The van der Waals surface area contributed by atoms with Crippen LogP contribution in [0.15, 0.2) is 24.3 Å². The van der Waals surface area contributed by atoms with E-state index in [2.05, 4.69) is 20.1 Å². The molecule has 1 aromatic carbocycles. The number of halogens is 2. The second-order valence-corrected chi connectivity index (χ2v) is 8.46. The maximum absolute atomic E-state index is 12.6. The van der Waals surface area contributed by atoms with Gasteiger partial charge in [0.05, 0.1) is 19.3 Å². The van der Waals surface area contributed by atoms with Crippen molar-refractivity contribution in [3.8, 4) is 5.75 Å². The van der Waals surface area contributed by atoms with E-state index in [0.717, 1.165) is 7.11 Å². The van der Waals surface area contributed by atoms with Crippen LogP contribution in [0.4, 0.5) is 8.78 Å². The molecule has 1 aliphatic heterocycles. The molecule has 0 aliphatic carbocycles. The van der Waals surface area contributed by atoms with E-state index in [1.54, 1.807) is 6.92 Å². The fraction of sp³-hybridized carbons (Fsp3) is 0.591. The van der Waals surface area contributed by atoms with Crippen molar-refractivity contribution in [1.29, 1.82) is 0 Å². The summed E-state index contributed by atoms with van der Waals surface area (Å²) in [7, 11) is 1.08. The number of aliphatic hydroxyl groups excluding tert-OH is 1. The molecule has 1 aliphatic rings. The average Bonchev–Trinajstić information content (AvgIpc) is 2.77. The third-order valence-corrected chi connectivity index (χ3v) is 5.59. The molecule has 10 nitrogen and oxygen atoms in total. The summed E-state index contributed by atoms with van der Waals surface area (Å²) < 4.78 is 33.5. The van der Waals surface area contributed by atoms with E-state index in [9.17, 15) is 33.4 Å². The highest BCUT2D eigenvalue weighted by Gasteiger charge is 2.33. The zero-order valence-corrected chi connectivity index (χ0v) is 19.3. The summed E-state index contributed by atoms with van der Waals surface area (Å²) in [5.74, 6) is -2.22. The molecule has 0 unspecified atom stereocenters. The molecular weight excluding hydrogens is 456 g/mol. The fourth-order valence-corrected chi connectivity index (χ4v) is 3.46. The van der Waals surface area contributed by atoms with E-state index in [0.29, 0.717) is 25.9 Å². The number of benzene rings is 1. The van der Waals surface area contributed by atoms with Crippen LogP contribution < -0.4 is 15.4 Å². The number of carbonyl (C=O) groups excluding carboxylic acids is 3. The molecule has 2 amide bonds. The van der Waals surface area contributed by atoms with Gasteiger partial charge in [-0.15, -0.1) is 0 Å². The van der Waals surface area contributed by atoms with Gasteiger partial charge in [0.2, 0.25) is 11.8 Å². The standard InChI is InChI=1S/C22H31F2N3O7/c1-13(25-16(28)12-27-10-8-22(2,32)9-11-27)19(30)26-17(20(31)33-3)18(29)14-4-6-15(7-5-14)34-21(23)24/h4-7,13,17-18,21,29,32H,8-12H2,1-3H3,(H,25,28)(H,26,30)/t13-,17-,18+/m0/s1. The highest BCUT2D eigenvalue weighted by atomic mass is 19.3. The van der Waals surface area contributed by atoms with Crippen LogP contribution in [0.3, 0.4) is 0 Å². The molecule has 1 fully saturated rings. The number of nitrogens with zero attached hydrogens (tertiary/aromatic N) is 1. The van der Waals surface area contributed by atoms with E-state index >= 15 is 0 Å². The minimum atomic E-state index is -3.01. The van der Waals surface area contributed by atoms with E-state index in [4.69, 9.17) is 0 Å². The third kappa shape index (κ3) is 8.19. The van der Waals surface area contributed by atoms with Crippen LogP contribution in [0.2, 0.25) is 0 Å². The Bertz CT molecular complexity index is 841. The number of alkyl halides is 2. The number of carbonyl (C=O) groups is 3. The topological polar surface area (TPSA) is 137 Å². The average molecular weight is 488 g/mol. The maximum atomic E-state index is 12.6. The van der Waals surface area contributed by atoms with Crippen molar-refractivity contribution in [3.63, 3.8) is 0 Å². The van der Waals surface area contributed by atoms with Crippen molar-refractivity contribution in [1.82, 2.24) is 15.5 Å². The first-order chi connectivity index (χ1) is 15.9. The van der Waals surface area contributed by atoms with Gasteiger partial charge < -0.3 is 30.3 Å². The molecule has 0 spiro atoms. The Balaban J connectivity index is 1.96. The number of aliphatic hydroxyl groups is 2. The molecule has 4 N–H and O–H groups in total. The first-order valence-corrected chi connectivity index (χ1v) is 10.8. The Morgan fingerprint density at radius 2 is 1.74 bits per heavy atom. The fourth-order valence-electron chi connectivity index (χ4n) is 3.46. The molecule has 3 atom stereocenters. The first kappa shape index (κ1) is 27.4. The molecule has 1 aromatic rings. The summed E-state index contributed by atoms with van der Waals surface area (Å²) in [6, 6.07) is 2.37. The summed E-state index contributed by atoms with van der Waals surface area (Å²) in [5.41, 5.74) is -0.602. The normalized spacial score (nSPS) is 18.5. The number of likely N-dealkylation sites (tertiary alicyclic amines) is 1. The Morgan fingerprint density at radius 1 is 1.15 bits per heavy atom. The van der Waals surface area contributed by atoms with Crippen molar-refractivity contribution >= 4 is 17.8 Å². The summed E-state index contributed by atoms with van der Waals surface area (Å²) >= 11 is 0. The number of rotatable bonds is 10. The van der Waals surface area contributed by atoms with Crippen molar-refractivity contribution in [2.75, 3.05) is 26.7 Å². The van der Waals surface area contributed by atoms with Gasteiger partial charge in [-0.05, 0) is 44.4 Å². The number of hydrogen-bond donors (Lipinski definition) is 4. The number of ether oxygens (including phenoxy) is 2. The van der Waals surface area contributed by atoms with Gasteiger partial charge in [-0.25, -0.2) is 4.79 Å². The van der Waals surface area contributed by atoms with E-state index < -0.39 is 48.2 Å². The lowest BCUT2D eigenvalue weighted by Crippen LogP contribution is -2.54. The van der Waals surface area contributed by atoms with Gasteiger partial charge in [0, 0.05) is 13.1 Å². The summed E-state index contributed by atoms with van der Waals surface area (Å²) in [6.45, 7) is 1.28. The lowest BCUT2D eigenvalue weighted by atomic mass is 9.94. The van der Waals surface area contributed by atoms with Gasteiger partial charge in [-0.2, -0.15) is 8.78 Å². The lowest BCUT2D eigenvalue weighted by Gasteiger charge is -2.35. The summed E-state index contributed by atoms with van der Waals surface area (Å²) in [5, 5.41) is 25.5. The third-order valence-electron chi connectivity index (χ3n) is 5.59. The summed E-state index contributed by atoms with van der Waals surface area (Å²) in [4.78, 5) is 39.0. The van der Waals surface area contributed by atoms with Crippen LogP contribution in [0, 0.1) is 0 Å². The largest absolute Gasteiger partial charge is 0.467 e. The number of nitrogens with one attached hydrogen (secondary N) is 2. The van der Waals surface area contributed by atoms with Gasteiger partial charge in [0.1, 0.15) is 17.9 Å². The smallest absolute Gasteiger partial charge is 0.387 e. The Morgan fingerprint density at radius 3 is 2.26 bits per heavy atom. The van der Waals surface area contributed by atoms with Crippen molar-refractivity contribution < 1.29 is 42.9 Å². The molecule has 2 rings (SSSR count). The van der Waals surface area contributed by atoms with Gasteiger partial charge in [-0.3, -0.25) is 14.5 Å². The van der Waals surface area contributed by atoms with Crippen LogP contribution in [0.5, 0.6) is 5.75 Å². The molecule has 0 bridgehead atoms. The number of piperidine rings is 1. The molecule has 34 heavy (non-hydrogen) atoms. The zero-order valence-electron chi connectivity index (χ0n) is 19.3. The second-order valence-electron chi connectivity index (χ2n) is 8.46. The Labute approximate surface area is 196 Å².